The number of carbonyl (C=O) groups is 1. The molecule has 7 nitrogen and oxygen atoms in total. The molecule has 0 aliphatic rings. The maximum atomic E-state index is 11.4. The molecular weight excluding hydrogens is 260 g/mol. The minimum Gasteiger partial charge on any atom is -0.466 e. The third-order valence-electron chi connectivity index (χ3n) is 2.91. The number of hydrogen-bond acceptors (Lipinski definition) is 5. The van der Waals surface area contributed by atoms with Crippen LogP contribution in [-0.2, 0) is 16.1 Å². The zero-order valence-electron chi connectivity index (χ0n) is 11.1. The second kappa shape index (κ2) is 6.05. The Hall–Kier alpha value is -2.57. The molecule has 3 N–H and O–H groups in total. The molecule has 2 aromatic rings. The average molecular weight is 276 g/mol. The second-order valence-electron chi connectivity index (χ2n) is 4.15. The Balaban J connectivity index is 2.27. The van der Waals surface area contributed by atoms with Crippen LogP contribution in [0.25, 0.3) is 11.0 Å². The molecule has 106 valence electrons. The van der Waals surface area contributed by atoms with Crippen LogP contribution in [0.15, 0.2) is 29.7 Å². The van der Waals surface area contributed by atoms with Gasteiger partial charge in [-0.25, -0.2) is 4.98 Å². The van der Waals surface area contributed by atoms with Gasteiger partial charge in [-0.05, 0) is 19.1 Å². The van der Waals surface area contributed by atoms with Gasteiger partial charge in [0.15, 0.2) is 5.84 Å². The largest absolute Gasteiger partial charge is 0.466 e. The van der Waals surface area contributed by atoms with Crippen LogP contribution in [0.5, 0.6) is 0 Å². The van der Waals surface area contributed by atoms with Gasteiger partial charge in [-0.1, -0.05) is 5.16 Å². The van der Waals surface area contributed by atoms with Crippen LogP contribution in [0, 0.1) is 0 Å². The zero-order chi connectivity index (χ0) is 14.5. The summed E-state index contributed by atoms with van der Waals surface area (Å²) in [5, 5.41) is 12.5. The molecule has 0 amide bonds. The molecule has 0 atom stereocenters. The molecule has 0 unspecified atom stereocenters. The van der Waals surface area contributed by atoms with E-state index in [-0.39, 0.29) is 18.2 Å². The molecule has 20 heavy (non-hydrogen) atoms. The minimum absolute atomic E-state index is 0.0283. The fourth-order valence-electron chi connectivity index (χ4n) is 1.99. The summed E-state index contributed by atoms with van der Waals surface area (Å²) in [5.41, 5.74) is 6.90. The average Bonchev–Trinajstić information content (AvgIpc) is 2.87. The van der Waals surface area contributed by atoms with Crippen molar-refractivity contribution in [3.63, 3.8) is 0 Å². The second-order valence-corrected chi connectivity index (χ2v) is 4.15. The van der Waals surface area contributed by atoms with Crippen LogP contribution in [-0.4, -0.2) is 33.2 Å². The molecule has 7 heteroatoms. The fourth-order valence-corrected chi connectivity index (χ4v) is 1.99. The van der Waals surface area contributed by atoms with Gasteiger partial charge in [0, 0.05) is 29.9 Å². The van der Waals surface area contributed by atoms with Gasteiger partial charge in [-0.15, -0.1) is 0 Å². The Kier molecular flexibility index (Phi) is 4.19. The van der Waals surface area contributed by atoms with Gasteiger partial charge in [0.1, 0.15) is 5.65 Å². The summed E-state index contributed by atoms with van der Waals surface area (Å²) in [7, 11) is 0. The van der Waals surface area contributed by atoms with E-state index in [1.807, 2.05) is 16.8 Å². The highest BCUT2D eigenvalue weighted by Gasteiger charge is 2.11. The number of amidine groups is 1. The van der Waals surface area contributed by atoms with Crippen molar-refractivity contribution < 1.29 is 14.7 Å². The Morgan fingerprint density at radius 1 is 1.55 bits per heavy atom. The fraction of sp³-hybridized carbons (Fsp3) is 0.308. The van der Waals surface area contributed by atoms with Gasteiger partial charge in [-0.3, -0.25) is 4.79 Å². The van der Waals surface area contributed by atoms with E-state index >= 15 is 0 Å². The molecule has 2 rings (SSSR count). The van der Waals surface area contributed by atoms with Crippen LogP contribution in [0.2, 0.25) is 0 Å². The predicted octanol–water partition coefficient (Wildman–Crippen LogP) is 1.08. The molecule has 2 heterocycles. The Morgan fingerprint density at radius 3 is 3.05 bits per heavy atom. The molecule has 0 aromatic carbocycles. The molecule has 0 saturated carbocycles. The number of pyridine rings is 1. The number of aryl methyl sites for hydroxylation is 1. The predicted molar refractivity (Wildman–Crippen MR) is 73.5 cm³/mol. The Bertz CT molecular complexity index is 648. The van der Waals surface area contributed by atoms with E-state index in [0.29, 0.717) is 24.4 Å². The molecular formula is C13H16N4O3. The maximum absolute atomic E-state index is 11.4. The molecule has 0 fully saturated rings. The topological polar surface area (TPSA) is 103 Å². The first-order chi connectivity index (χ1) is 9.67. The quantitative estimate of drug-likeness (QED) is 0.280. The SMILES string of the molecule is CCOC(=O)CCn1ccc2c(/C(N)=N\O)ccnc21. The lowest BCUT2D eigenvalue weighted by atomic mass is 10.2. The number of nitrogens with two attached hydrogens (primary N) is 1. The van der Waals surface area contributed by atoms with E-state index in [9.17, 15) is 4.79 Å². The van der Waals surface area contributed by atoms with Gasteiger partial charge in [0.05, 0.1) is 13.0 Å². The highest BCUT2D eigenvalue weighted by Crippen LogP contribution is 2.18. The lowest BCUT2D eigenvalue weighted by molar-refractivity contribution is -0.143. The zero-order valence-corrected chi connectivity index (χ0v) is 11.1. The van der Waals surface area contributed by atoms with Gasteiger partial charge in [0.2, 0.25) is 0 Å². The van der Waals surface area contributed by atoms with Crippen molar-refractivity contribution in [2.24, 2.45) is 10.9 Å². The molecule has 0 aliphatic heterocycles. The van der Waals surface area contributed by atoms with Crippen LogP contribution >= 0.6 is 0 Å². The highest BCUT2D eigenvalue weighted by molar-refractivity contribution is 6.07. The number of fused-ring (bicyclic) bond motifs is 1. The summed E-state index contributed by atoms with van der Waals surface area (Å²) in [6, 6.07) is 3.49. The first-order valence-corrected chi connectivity index (χ1v) is 6.24. The number of oxime groups is 1. The number of rotatable bonds is 5. The number of hydrogen-bond donors (Lipinski definition) is 2. The summed E-state index contributed by atoms with van der Waals surface area (Å²) in [5.74, 6) is -0.220. The number of aromatic nitrogens is 2. The first kappa shape index (κ1) is 13.9. The standard InChI is InChI=1S/C13H16N4O3/c1-2-20-11(18)5-8-17-7-4-10-9(12(14)16-19)3-6-15-13(10)17/h3-4,6-7,19H,2,5,8H2,1H3,(H2,14,16). The highest BCUT2D eigenvalue weighted by atomic mass is 16.5. The minimum atomic E-state index is -0.248. The Labute approximate surface area is 115 Å². The van der Waals surface area contributed by atoms with E-state index in [2.05, 4.69) is 10.1 Å². The molecule has 0 spiro atoms. The van der Waals surface area contributed by atoms with Gasteiger partial charge in [-0.2, -0.15) is 0 Å². The summed E-state index contributed by atoms with van der Waals surface area (Å²) in [6.45, 7) is 2.61. The summed E-state index contributed by atoms with van der Waals surface area (Å²) >= 11 is 0. The van der Waals surface area contributed by atoms with Crippen molar-refractivity contribution in [1.82, 2.24) is 9.55 Å². The monoisotopic (exact) mass is 276 g/mol. The van der Waals surface area contributed by atoms with E-state index < -0.39 is 0 Å². The van der Waals surface area contributed by atoms with Crippen molar-refractivity contribution in [3.8, 4) is 0 Å². The normalized spacial score (nSPS) is 11.8. The van der Waals surface area contributed by atoms with Crippen LogP contribution < -0.4 is 5.73 Å². The van der Waals surface area contributed by atoms with Crippen molar-refractivity contribution in [3.05, 3.63) is 30.1 Å². The number of ether oxygens (including phenoxy) is 1. The van der Waals surface area contributed by atoms with E-state index in [1.165, 1.54) is 0 Å². The number of nitrogens with zero attached hydrogens (tertiary/aromatic N) is 3. The van der Waals surface area contributed by atoms with Crippen LogP contribution in [0.4, 0.5) is 0 Å². The third kappa shape index (κ3) is 2.71. The molecule has 0 bridgehead atoms. The molecule has 2 aromatic heterocycles. The van der Waals surface area contributed by atoms with Crippen molar-refractivity contribution in [2.45, 2.75) is 19.9 Å². The molecule has 0 saturated heterocycles. The van der Waals surface area contributed by atoms with Crippen molar-refractivity contribution in [2.75, 3.05) is 6.61 Å². The maximum Gasteiger partial charge on any atom is 0.307 e. The Morgan fingerprint density at radius 2 is 2.35 bits per heavy atom. The molecule has 0 aliphatic carbocycles. The van der Waals surface area contributed by atoms with Crippen LogP contribution in [0.1, 0.15) is 18.9 Å². The summed E-state index contributed by atoms with van der Waals surface area (Å²) in [4.78, 5) is 15.6. The number of carbonyl (C=O) groups excluding carboxylic acids is 1. The smallest absolute Gasteiger partial charge is 0.307 e. The number of esters is 1. The van der Waals surface area contributed by atoms with Crippen LogP contribution in [0.3, 0.4) is 0 Å². The van der Waals surface area contributed by atoms with E-state index in [4.69, 9.17) is 15.7 Å². The summed E-state index contributed by atoms with van der Waals surface area (Å²) in [6.07, 6.45) is 3.66. The van der Waals surface area contributed by atoms with Gasteiger partial charge < -0.3 is 20.2 Å². The van der Waals surface area contributed by atoms with E-state index in [0.717, 1.165) is 5.39 Å². The summed E-state index contributed by atoms with van der Waals surface area (Å²) < 4.78 is 6.72. The van der Waals surface area contributed by atoms with Crippen molar-refractivity contribution >= 4 is 22.8 Å². The third-order valence-corrected chi connectivity index (χ3v) is 2.91. The van der Waals surface area contributed by atoms with E-state index in [1.54, 1.807) is 19.2 Å². The van der Waals surface area contributed by atoms with Gasteiger partial charge >= 0.3 is 5.97 Å². The van der Waals surface area contributed by atoms with Gasteiger partial charge in [0.25, 0.3) is 0 Å². The lowest BCUT2D eigenvalue weighted by Crippen LogP contribution is -2.14. The first-order valence-electron chi connectivity index (χ1n) is 6.24. The lowest BCUT2D eigenvalue weighted by Gasteiger charge is -2.05. The molecule has 0 radical (unpaired) electrons. The van der Waals surface area contributed by atoms with Crippen molar-refractivity contribution in [1.29, 1.82) is 0 Å².